The van der Waals surface area contributed by atoms with Gasteiger partial charge in [0, 0.05) is 34.6 Å². The number of aliphatic carboxylic acids is 1. The molecule has 0 amide bonds. The van der Waals surface area contributed by atoms with Gasteiger partial charge in [-0.1, -0.05) is 0 Å². The molecule has 2 aromatic carbocycles. The second kappa shape index (κ2) is 6.30. The van der Waals surface area contributed by atoms with Crippen LogP contribution in [0.3, 0.4) is 0 Å². The zero-order chi connectivity index (χ0) is 19.2. The first-order chi connectivity index (χ1) is 12.8. The number of hydrogen-bond acceptors (Lipinski definition) is 4. The number of fused-ring (bicyclic) bond motifs is 2. The third-order valence-electron chi connectivity index (χ3n) is 4.57. The van der Waals surface area contributed by atoms with Crippen LogP contribution >= 0.6 is 0 Å². The molecule has 0 saturated heterocycles. The maximum atomic E-state index is 13.9. The molecule has 0 fully saturated rings. The number of rotatable bonds is 5. The summed E-state index contributed by atoms with van der Waals surface area (Å²) < 4.78 is 31.2. The Morgan fingerprint density at radius 1 is 1.26 bits per heavy atom. The van der Waals surface area contributed by atoms with Gasteiger partial charge in [0.25, 0.3) is 0 Å². The average molecular weight is 370 g/mol. The summed E-state index contributed by atoms with van der Waals surface area (Å²) in [7, 11) is 0. The van der Waals surface area contributed by atoms with Crippen LogP contribution in [0.25, 0.3) is 11.0 Å². The molecule has 4 rings (SSSR count). The first kappa shape index (κ1) is 17.4. The molecule has 3 aromatic rings. The minimum Gasteiger partial charge on any atom is -0.489 e. The summed E-state index contributed by atoms with van der Waals surface area (Å²) in [5.74, 6) is 0.00701. The van der Waals surface area contributed by atoms with Crippen molar-refractivity contribution in [1.82, 2.24) is 0 Å². The second-order valence-corrected chi connectivity index (χ2v) is 7.37. The first-order valence-electron chi connectivity index (χ1n) is 8.66. The molecule has 0 aliphatic carbocycles. The van der Waals surface area contributed by atoms with Crippen molar-refractivity contribution in [2.24, 2.45) is 0 Å². The quantitative estimate of drug-likeness (QED) is 0.717. The van der Waals surface area contributed by atoms with Crippen molar-refractivity contribution in [2.75, 3.05) is 0 Å². The van der Waals surface area contributed by atoms with E-state index in [-0.39, 0.29) is 24.4 Å². The molecule has 5 nitrogen and oxygen atoms in total. The first-order valence-corrected chi connectivity index (χ1v) is 8.66. The normalized spacial score (nSPS) is 14.8. The molecule has 0 spiro atoms. The fourth-order valence-electron chi connectivity index (χ4n) is 3.47. The van der Waals surface area contributed by atoms with E-state index < -0.39 is 5.97 Å². The van der Waals surface area contributed by atoms with Crippen molar-refractivity contribution >= 4 is 16.9 Å². The van der Waals surface area contributed by atoms with Gasteiger partial charge in [0.15, 0.2) is 0 Å². The number of hydrogen-bond donors (Lipinski definition) is 1. The number of carboxylic acids is 1. The third-order valence-corrected chi connectivity index (χ3v) is 4.57. The van der Waals surface area contributed by atoms with E-state index in [9.17, 15) is 9.18 Å². The Kier molecular flexibility index (Phi) is 4.06. The molecule has 6 heteroatoms. The molecule has 1 aromatic heterocycles. The summed E-state index contributed by atoms with van der Waals surface area (Å²) in [6, 6.07) is 8.14. The van der Waals surface area contributed by atoms with E-state index in [1.54, 1.807) is 18.2 Å². The predicted octanol–water partition coefficient (Wildman–Crippen LogP) is 4.49. The van der Waals surface area contributed by atoms with Crippen LogP contribution in [0.15, 0.2) is 41.0 Å². The van der Waals surface area contributed by atoms with Crippen LogP contribution in [0.2, 0.25) is 0 Å². The highest BCUT2D eigenvalue weighted by Crippen LogP contribution is 2.39. The number of carbonyl (C=O) groups is 1. The zero-order valence-electron chi connectivity index (χ0n) is 15.0. The van der Waals surface area contributed by atoms with Crippen molar-refractivity contribution in [3.8, 4) is 11.5 Å². The van der Waals surface area contributed by atoms with E-state index in [2.05, 4.69) is 0 Å². The van der Waals surface area contributed by atoms with Crippen LogP contribution in [-0.2, 0) is 24.2 Å². The highest BCUT2D eigenvalue weighted by Gasteiger charge is 2.32. The highest BCUT2D eigenvalue weighted by molar-refractivity contribution is 5.86. The van der Waals surface area contributed by atoms with Gasteiger partial charge in [-0.05, 0) is 38.1 Å². The maximum absolute atomic E-state index is 13.9. The van der Waals surface area contributed by atoms with Gasteiger partial charge in [0.2, 0.25) is 0 Å². The SMILES string of the molecule is CC1(C)Cc2cc(F)cc(COc3ccc4c(CC(=O)O)coc4c3)c2O1. The maximum Gasteiger partial charge on any atom is 0.307 e. The van der Waals surface area contributed by atoms with Crippen molar-refractivity contribution < 1.29 is 28.2 Å². The molecule has 2 heterocycles. The van der Waals surface area contributed by atoms with Gasteiger partial charge in [0.05, 0.1) is 12.7 Å². The molecule has 0 bridgehead atoms. The minimum absolute atomic E-state index is 0.101. The number of ether oxygens (including phenoxy) is 2. The molecule has 140 valence electrons. The van der Waals surface area contributed by atoms with Crippen LogP contribution in [0.1, 0.15) is 30.5 Å². The lowest BCUT2D eigenvalue weighted by Crippen LogP contribution is -2.25. The Balaban J connectivity index is 1.55. The largest absolute Gasteiger partial charge is 0.489 e. The van der Waals surface area contributed by atoms with Gasteiger partial charge in [-0.2, -0.15) is 0 Å². The van der Waals surface area contributed by atoms with E-state index in [0.717, 1.165) is 10.9 Å². The molecule has 1 aliphatic heterocycles. The fourth-order valence-corrected chi connectivity index (χ4v) is 3.47. The smallest absolute Gasteiger partial charge is 0.307 e. The van der Waals surface area contributed by atoms with Crippen LogP contribution in [-0.4, -0.2) is 16.7 Å². The monoisotopic (exact) mass is 370 g/mol. The molecule has 0 saturated carbocycles. The summed E-state index contributed by atoms with van der Waals surface area (Å²) in [4.78, 5) is 10.9. The molecule has 27 heavy (non-hydrogen) atoms. The Hall–Kier alpha value is -3.02. The molecule has 0 unspecified atom stereocenters. The second-order valence-electron chi connectivity index (χ2n) is 7.37. The Bertz CT molecular complexity index is 1030. The Morgan fingerprint density at radius 2 is 2.07 bits per heavy atom. The topological polar surface area (TPSA) is 68.9 Å². The lowest BCUT2D eigenvalue weighted by molar-refractivity contribution is -0.136. The third kappa shape index (κ3) is 3.47. The van der Waals surface area contributed by atoms with Crippen molar-refractivity contribution in [3.63, 3.8) is 0 Å². The summed E-state index contributed by atoms with van der Waals surface area (Å²) in [6.07, 6.45) is 1.99. The van der Waals surface area contributed by atoms with Crippen molar-refractivity contribution in [2.45, 2.75) is 38.9 Å². The van der Waals surface area contributed by atoms with Gasteiger partial charge < -0.3 is 19.0 Å². The van der Waals surface area contributed by atoms with E-state index in [0.29, 0.717) is 34.6 Å². The molecular weight excluding hydrogens is 351 g/mol. The summed E-state index contributed by atoms with van der Waals surface area (Å²) in [5.41, 5.74) is 2.30. The van der Waals surface area contributed by atoms with E-state index in [1.165, 1.54) is 18.4 Å². The lowest BCUT2D eigenvalue weighted by atomic mass is 10.0. The van der Waals surface area contributed by atoms with Gasteiger partial charge in [-0.25, -0.2) is 4.39 Å². The van der Waals surface area contributed by atoms with E-state index >= 15 is 0 Å². The van der Waals surface area contributed by atoms with Gasteiger partial charge in [-0.3, -0.25) is 4.79 Å². The number of carboxylic acid groups (broad SMARTS) is 1. The predicted molar refractivity (Wildman–Crippen MR) is 96.7 cm³/mol. The molecule has 0 atom stereocenters. The summed E-state index contributed by atoms with van der Waals surface area (Å²) >= 11 is 0. The fraction of sp³-hybridized carbons (Fsp3) is 0.286. The van der Waals surface area contributed by atoms with Crippen molar-refractivity contribution in [3.05, 3.63) is 59.1 Å². The van der Waals surface area contributed by atoms with Crippen LogP contribution in [0, 0.1) is 5.82 Å². The molecule has 0 radical (unpaired) electrons. The van der Waals surface area contributed by atoms with Gasteiger partial charge >= 0.3 is 5.97 Å². The molecular formula is C21H19FO5. The minimum atomic E-state index is -0.916. The highest BCUT2D eigenvalue weighted by atomic mass is 19.1. The Morgan fingerprint density at radius 3 is 2.85 bits per heavy atom. The molecule has 1 aliphatic rings. The van der Waals surface area contributed by atoms with Crippen LogP contribution < -0.4 is 9.47 Å². The number of benzene rings is 2. The molecule has 1 N–H and O–H groups in total. The zero-order valence-corrected chi connectivity index (χ0v) is 15.0. The number of furan rings is 1. The lowest BCUT2D eigenvalue weighted by Gasteiger charge is -2.18. The standard InChI is InChI=1S/C21H19FO5/c1-21(2)9-12-5-15(22)6-14(20(12)27-21)11-25-16-3-4-17-13(7-19(23)24)10-26-18(17)8-16/h3-6,8,10H,7,9,11H2,1-2H3,(H,23,24). The van der Waals surface area contributed by atoms with Crippen molar-refractivity contribution in [1.29, 1.82) is 0 Å². The van der Waals surface area contributed by atoms with Crippen LogP contribution in [0.4, 0.5) is 4.39 Å². The van der Waals surface area contributed by atoms with Crippen LogP contribution in [0.5, 0.6) is 11.5 Å². The van der Waals surface area contributed by atoms with Gasteiger partial charge in [0.1, 0.15) is 35.1 Å². The summed E-state index contributed by atoms with van der Waals surface area (Å²) in [5, 5.41) is 9.67. The average Bonchev–Trinajstić information content (AvgIpc) is 3.11. The van der Waals surface area contributed by atoms with E-state index in [4.69, 9.17) is 19.0 Å². The van der Waals surface area contributed by atoms with E-state index in [1.807, 2.05) is 13.8 Å². The number of halogens is 1. The van der Waals surface area contributed by atoms with Gasteiger partial charge in [-0.15, -0.1) is 0 Å². The summed E-state index contributed by atoms with van der Waals surface area (Å²) in [6.45, 7) is 4.09. The Labute approximate surface area is 155 Å².